The molecule has 3 amide bonds. The first-order chi connectivity index (χ1) is 16.7. The van der Waals surface area contributed by atoms with Gasteiger partial charge in [0.05, 0.1) is 23.2 Å². The van der Waals surface area contributed by atoms with E-state index < -0.39 is 35.6 Å². The van der Waals surface area contributed by atoms with Crippen LogP contribution >= 0.6 is 11.8 Å². The zero-order valence-electron chi connectivity index (χ0n) is 19.1. The highest BCUT2D eigenvalue weighted by Crippen LogP contribution is 2.27. The van der Waals surface area contributed by atoms with Crippen molar-refractivity contribution in [1.82, 2.24) is 10.2 Å². The Labute approximate surface area is 205 Å². The summed E-state index contributed by atoms with van der Waals surface area (Å²) in [5, 5.41) is 11.9. The second-order valence-electron chi connectivity index (χ2n) is 8.13. The molecule has 0 aromatic heterocycles. The van der Waals surface area contributed by atoms with Crippen LogP contribution < -0.4 is 10.1 Å². The van der Waals surface area contributed by atoms with Crippen molar-refractivity contribution >= 4 is 29.7 Å². The van der Waals surface area contributed by atoms with Crippen LogP contribution in [0.1, 0.15) is 35.3 Å². The lowest BCUT2D eigenvalue weighted by molar-refractivity contribution is -0.138. The SMILES string of the molecule is CC(C)CSC[C@H](NC(=O)N1CCOc2c(C#Cc3ccc(F)cc3F)cccc2C1=O)C(=O)O. The average Bonchev–Trinajstić information content (AvgIpc) is 2.96. The summed E-state index contributed by atoms with van der Waals surface area (Å²) in [5.41, 5.74) is 0.320. The highest BCUT2D eigenvalue weighted by Gasteiger charge is 2.31. The summed E-state index contributed by atoms with van der Waals surface area (Å²) in [6, 6.07) is 5.57. The number of carbonyl (C=O) groups excluding carboxylic acids is 2. The maximum Gasteiger partial charge on any atom is 0.327 e. The van der Waals surface area contributed by atoms with Crippen LogP contribution in [-0.4, -0.2) is 58.6 Å². The van der Waals surface area contributed by atoms with E-state index >= 15 is 0 Å². The number of carbonyl (C=O) groups is 3. The minimum atomic E-state index is -1.20. The smallest absolute Gasteiger partial charge is 0.327 e. The van der Waals surface area contributed by atoms with Crippen molar-refractivity contribution in [3.63, 3.8) is 0 Å². The monoisotopic (exact) mass is 502 g/mol. The summed E-state index contributed by atoms with van der Waals surface area (Å²) in [7, 11) is 0. The maximum absolute atomic E-state index is 13.9. The fourth-order valence-electron chi connectivity index (χ4n) is 3.19. The highest BCUT2D eigenvalue weighted by atomic mass is 32.2. The van der Waals surface area contributed by atoms with Gasteiger partial charge < -0.3 is 15.2 Å². The molecule has 10 heteroatoms. The van der Waals surface area contributed by atoms with Gasteiger partial charge in [-0.15, -0.1) is 0 Å². The lowest BCUT2D eigenvalue weighted by Crippen LogP contribution is -2.51. The number of rotatable bonds is 6. The standard InChI is InChI=1S/C25H24F2N2O5S/c1-15(2)13-35-14-21(24(31)32)28-25(33)29-10-11-34-22-17(4-3-5-19(22)23(29)30)7-6-16-8-9-18(26)12-20(16)27/h3-5,8-9,12,15,21H,10-11,13-14H2,1-2H3,(H,28,33)(H,31,32)/t21-/m0/s1. The number of fused-ring (bicyclic) bond motifs is 1. The van der Waals surface area contributed by atoms with Gasteiger partial charge in [-0.3, -0.25) is 9.69 Å². The van der Waals surface area contributed by atoms with Crippen molar-refractivity contribution in [1.29, 1.82) is 0 Å². The van der Waals surface area contributed by atoms with Crippen LogP contribution in [0.4, 0.5) is 13.6 Å². The first-order valence-corrected chi connectivity index (χ1v) is 12.0. The molecule has 0 spiro atoms. The lowest BCUT2D eigenvalue weighted by Gasteiger charge is -2.22. The van der Waals surface area contributed by atoms with Crippen molar-refractivity contribution < 1.29 is 33.0 Å². The van der Waals surface area contributed by atoms with E-state index in [1.54, 1.807) is 6.07 Å². The second-order valence-corrected chi connectivity index (χ2v) is 9.21. The van der Waals surface area contributed by atoms with Gasteiger partial charge in [-0.2, -0.15) is 11.8 Å². The van der Waals surface area contributed by atoms with E-state index in [0.717, 1.165) is 22.8 Å². The molecule has 1 atom stereocenters. The Kier molecular flexibility index (Phi) is 8.71. The molecule has 1 heterocycles. The minimum Gasteiger partial charge on any atom is -0.490 e. The summed E-state index contributed by atoms with van der Waals surface area (Å²) in [5.74, 6) is 3.30. The van der Waals surface area contributed by atoms with Crippen LogP contribution in [0, 0.1) is 29.4 Å². The summed E-state index contributed by atoms with van der Waals surface area (Å²) < 4.78 is 32.7. The summed E-state index contributed by atoms with van der Waals surface area (Å²) >= 11 is 1.40. The Morgan fingerprint density at radius 2 is 1.91 bits per heavy atom. The maximum atomic E-state index is 13.9. The molecule has 0 saturated heterocycles. The zero-order valence-corrected chi connectivity index (χ0v) is 20.0. The fourth-order valence-corrected chi connectivity index (χ4v) is 4.26. The number of nitrogens with one attached hydrogen (secondary N) is 1. The predicted molar refractivity (Wildman–Crippen MR) is 127 cm³/mol. The third-order valence-corrected chi connectivity index (χ3v) is 6.36. The predicted octanol–water partition coefficient (Wildman–Crippen LogP) is 3.75. The van der Waals surface area contributed by atoms with Gasteiger partial charge in [-0.05, 0) is 35.9 Å². The number of urea groups is 1. The van der Waals surface area contributed by atoms with Crippen LogP contribution in [-0.2, 0) is 4.79 Å². The van der Waals surface area contributed by atoms with Gasteiger partial charge in [0.1, 0.15) is 30.0 Å². The highest BCUT2D eigenvalue weighted by molar-refractivity contribution is 7.99. The van der Waals surface area contributed by atoms with Crippen molar-refractivity contribution in [2.75, 3.05) is 24.7 Å². The largest absolute Gasteiger partial charge is 0.490 e. The van der Waals surface area contributed by atoms with E-state index in [-0.39, 0.29) is 41.3 Å². The average molecular weight is 503 g/mol. The molecule has 0 unspecified atom stereocenters. The Bertz CT molecular complexity index is 1190. The number of carboxylic acids is 1. The first-order valence-electron chi connectivity index (χ1n) is 10.8. The van der Waals surface area contributed by atoms with E-state index in [9.17, 15) is 28.3 Å². The van der Waals surface area contributed by atoms with Crippen molar-refractivity contribution in [2.24, 2.45) is 5.92 Å². The van der Waals surface area contributed by atoms with E-state index in [2.05, 4.69) is 17.2 Å². The molecule has 0 radical (unpaired) electrons. The quantitative estimate of drug-likeness (QED) is 0.585. The Hall–Kier alpha value is -3.58. The van der Waals surface area contributed by atoms with Gasteiger partial charge in [0.15, 0.2) is 0 Å². The van der Waals surface area contributed by atoms with Crippen molar-refractivity contribution in [2.45, 2.75) is 19.9 Å². The number of nitrogens with zero attached hydrogens (tertiary/aromatic N) is 1. The Morgan fingerprint density at radius 1 is 1.17 bits per heavy atom. The number of aliphatic carboxylic acids is 1. The second kappa shape index (κ2) is 11.7. The molecule has 3 rings (SSSR count). The van der Waals surface area contributed by atoms with Crippen LogP contribution in [0.25, 0.3) is 0 Å². The molecule has 0 aliphatic carbocycles. The summed E-state index contributed by atoms with van der Waals surface area (Å²) in [6.45, 7) is 3.85. The molecule has 1 aliphatic rings. The number of thioether (sulfide) groups is 1. The Morgan fingerprint density at radius 3 is 2.60 bits per heavy atom. The number of amides is 3. The fraction of sp³-hybridized carbons (Fsp3) is 0.320. The number of hydrogen-bond donors (Lipinski definition) is 2. The normalized spacial score (nSPS) is 13.7. The molecule has 2 aromatic carbocycles. The molecule has 1 aliphatic heterocycles. The zero-order chi connectivity index (χ0) is 25.5. The molecule has 0 saturated carbocycles. The molecule has 2 N–H and O–H groups in total. The third kappa shape index (κ3) is 6.73. The molecular formula is C25H24F2N2O5S. The molecule has 184 valence electrons. The number of imide groups is 1. The van der Waals surface area contributed by atoms with Crippen molar-refractivity contribution in [3.8, 4) is 17.6 Å². The number of halogens is 2. The molecule has 35 heavy (non-hydrogen) atoms. The van der Waals surface area contributed by atoms with Crippen molar-refractivity contribution in [3.05, 3.63) is 64.7 Å². The van der Waals surface area contributed by atoms with Crippen LogP contribution in [0.15, 0.2) is 36.4 Å². The first kappa shape index (κ1) is 26.0. The van der Waals surface area contributed by atoms with Crippen LogP contribution in [0.5, 0.6) is 5.75 Å². The Balaban J connectivity index is 1.80. The number of ether oxygens (including phenoxy) is 1. The molecule has 0 bridgehead atoms. The lowest BCUT2D eigenvalue weighted by atomic mass is 10.1. The minimum absolute atomic E-state index is 0.0278. The van der Waals surface area contributed by atoms with Gasteiger partial charge in [-0.1, -0.05) is 31.8 Å². The number of hydrogen-bond acceptors (Lipinski definition) is 5. The molecular weight excluding hydrogens is 478 g/mol. The number of carboxylic acid groups (broad SMARTS) is 1. The topological polar surface area (TPSA) is 95.9 Å². The molecule has 7 nitrogen and oxygen atoms in total. The van der Waals surface area contributed by atoms with Gasteiger partial charge in [0, 0.05) is 11.8 Å². The van der Waals surface area contributed by atoms with E-state index in [4.69, 9.17) is 4.74 Å². The van der Waals surface area contributed by atoms with Gasteiger partial charge in [0.25, 0.3) is 5.91 Å². The number of para-hydroxylation sites is 1. The van der Waals surface area contributed by atoms with Crippen LogP contribution in [0.2, 0.25) is 0 Å². The van der Waals surface area contributed by atoms with Gasteiger partial charge >= 0.3 is 12.0 Å². The van der Waals surface area contributed by atoms with E-state index in [1.807, 2.05) is 13.8 Å². The van der Waals surface area contributed by atoms with E-state index in [1.165, 1.54) is 30.0 Å². The molecule has 2 aromatic rings. The van der Waals surface area contributed by atoms with E-state index in [0.29, 0.717) is 5.92 Å². The summed E-state index contributed by atoms with van der Waals surface area (Å²) in [6.07, 6.45) is 0. The molecule has 0 fully saturated rings. The summed E-state index contributed by atoms with van der Waals surface area (Å²) in [4.78, 5) is 38.4. The van der Waals surface area contributed by atoms with Gasteiger partial charge in [-0.25, -0.2) is 18.4 Å². The third-order valence-electron chi connectivity index (χ3n) is 4.89. The van der Waals surface area contributed by atoms with Gasteiger partial charge in [0.2, 0.25) is 0 Å². The number of benzene rings is 2. The van der Waals surface area contributed by atoms with Crippen LogP contribution in [0.3, 0.4) is 0 Å².